The summed E-state index contributed by atoms with van der Waals surface area (Å²) in [6.07, 6.45) is 6.80. The Kier molecular flexibility index (Phi) is 4.75. The Morgan fingerprint density at radius 2 is 1.90 bits per heavy atom. The van der Waals surface area contributed by atoms with Crippen LogP contribution in [-0.2, 0) is 20.1 Å². The number of nitrogens with zero attached hydrogens (tertiary/aromatic N) is 5. The molecule has 31 heavy (non-hydrogen) atoms. The molecule has 0 bridgehead atoms. The molecule has 2 aliphatic heterocycles. The summed E-state index contributed by atoms with van der Waals surface area (Å²) in [7, 11) is 1.88. The highest BCUT2D eigenvalue weighted by Gasteiger charge is 2.55. The first-order valence-electron chi connectivity index (χ1n) is 11.1. The summed E-state index contributed by atoms with van der Waals surface area (Å²) in [4.78, 5) is 33.6. The number of aromatic nitrogens is 3. The van der Waals surface area contributed by atoms with Crippen LogP contribution in [-0.4, -0.2) is 56.1 Å². The fraction of sp³-hybridized carbons (Fsp3) is 0.565. The Bertz CT molecular complexity index is 1010. The normalized spacial score (nSPS) is 21.3. The number of likely N-dealkylation sites (tertiary alicyclic amines) is 1. The molecule has 164 valence electrons. The van der Waals surface area contributed by atoms with E-state index >= 15 is 0 Å². The molecule has 5 rings (SSSR count). The maximum Gasteiger partial charge on any atom is 0.318 e. The lowest BCUT2D eigenvalue weighted by Crippen LogP contribution is -2.41. The van der Waals surface area contributed by atoms with Gasteiger partial charge in [0.15, 0.2) is 0 Å². The summed E-state index contributed by atoms with van der Waals surface area (Å²) >= 11 is 0. The second kappa shape index (κ2) is 7.35. The number of rotatable bonds is 3. The average Bonchev–Trinajstić information content (AvgIpc) is 3.12. The highest BCUT2D eigenvalue weighted by Crippen LogP contribution is 2.59. The predicted molar refractivity (Wildman–Crippen MR) is 115 cm³/mol. The highest BCUT2D eigenvalue weighted by molar-refractivity contribution is 5.96. The molecular weight excluding hydrogens is 392 g/mol. The lowest BCUT2D eigenvalue weighted by molar-refractivity contribution is 0.0667. The maximum absolute atomic E-state index is 13.0. The molecule has 1 saturated carbocycles. The zero-order valence-electron chi connectivity index (χ0n) is 18.5. The molecule has 8 nitrogen and oxygen atoms in total. The third kappa shape index (κ3) is 3.47. The summed E-state index contributed by atoms with van der Waals surface area (Å²) in [6, 6.07) is 2.00. The van der Waals surface area contributed by atoms with Crippen molar-refractivity contribution >= 4 is 11.9 Å². The Morgan fingerprint density at radius 1 is 1.16 bits per heavy atom. The SMILES string of the molecule is Cc1nn(C)c(C)c1C(=O)N1CCC2(CC1)CC2CNC(=O)N1Cc2ccncc2C1. The Balaban J connectivity index is 1.11. The van der Waals surface area contributed by atoms with Crippen LogP contribution >= 0.6 is 0 Å². The van der Waals surface area contributed by atoms with Crippen LogP contribution in [0.15, 0.2) is 18.5 Å². The second-order valence-corrected chi connectivity index (χ2v) is 9.41. The largest absolute Gasteiger partial charge is 0.338 e. The fourth-order valence-electron chi connectivity index (χ4n) is 5.41. The lowest BCUT2D eigenvalue weighted by Gasteiger charge is -2.33. The van der Waals surface area contributed by atoms with Crippen molar-refractivity contribution < 1.29 is 9.59 Å². The van der Waals surface area contributed by atoms with Gasteiger partial charge in [-0.15, -0.1) is 0 Å². The Labute approximate surface area is 182 Å². The minimum Gasteiger partial charge on any atom is -0.338 e. The van der Waals surface area contributed by atoms with Crippen LogP contribution in [0.2, 0.25) is 0 Å². The van der Waals surface area contributed by atoms with E-state index in [0.717, 1.165) is 61.4 Å². The van der Waals surface area contributed by atoms with Gasteiger partial charge < -0.3 is 15.1 Å². The second-order valence-electron chi connectivity index (χ2n) is 9.41. The molecule has 4 heterocycles. The summed E-state index contributed by atoms with van der Waals surface area (Å²) in [5, 5.41) is 7.53. The molecular formula is C23H30N6O2. The van der Waals surface area contributed by atoms with E-state index < -0.39 is 0 Å². The van der Waals surface area contributed by atoms with Crippen molar-refractivity contribution in [2.75, 3.05) is 19.6 Å². The highest BCUT2D eigenvalue weighted by atomic mass is 16.2. The standard InChI is InChI=1S/C23H30N6O2/c1-15-20(16(2)27(3)26-15)21(30)28-8-5-23(6-9-28)10-19(23)12-25-22(31)29-13-17-4-7-24-11-18(17)14-29/h4,7,11,19H,5-6,8-10,12-14H2,1-3H3,(H,25,31). The van der Waals surface area contributed by atoms with Gasteiger partial charge in [0, 0.05) is 57.9 Å². The number of hydrogen-bond donors (Lipinski definition) is 1. The first-order valence-corrected chi connectivity index (χ1v) is 11.1. The number of carbonyl (C=O) groups is 2. The summed E-state index contributed by atoms with van der Waals surface area (Å²) in [5.74, 6) is 0.619. The molecule has 0 aromatic carbocycles. The summed E-state index contributed by atoms with van der Waals surface area (Å²) in [6.45, 7) is 7.43. The Morgan fingerprint density at radius 3 is 2.58 bits per heavy atom. The number of pyridine rings is 1. The van der Waals surface area contributed by atoms with Gasteiger partial charge in [0.05, 0.1) is 11.3 Å². The van der Waals surface area contributed by atoms with E-state index in [1.54, 1.807) is 10.9 Å². The van der Waals surface area contributed by atoms with E-state index in [2.05, 4.69) is 15.4 Å². The third-order valence-corrected chi connectivity index (χ3v) is 7.64. The van der Waals surface area contributed by atoms with Crippen LogP contribution in [0.3, 0.4) is 0 Å². The van der Waals surface area contributed by atoms with Gasteiger partial charge in [0.2, 0.25) is 0 Å². The summed E-state index contributed by atoms with van der Waals surface area (Å²) < 4.78 is 1.78. The minimum atomic E-state index is 0.00777. The molecule has 2 fully saturated rings. The van der Waals surface area contributed by atoms with Gasteiger partial charge in [-0.3, -0.25) is 14.5 Å². The quantitative estimate of drug-likeness (QED) is 0.823. The molecule has 0 radical (unpaired) electrons. The zero-order chi connectivity index (χ0) is 21.8. The lowest BCUT2D eigenvalue weighted by atomic mass is 9.90. The van der Waals surface area contributed by atoms with E-state index in [9.17, 15) is 9.59 Å². The number of aryl methyl sites for hydroxylation is 2. The van der Waals surface area contributed by atoms with E-state index in [4.69, 9.17) is 0 Å². The number of urea groups is 1. The van der Waals surface area contributed by atoms with Crippen molar-refractivity contribution in [3.8, 4) is 0 Å². The van der Waals surface area contributed by atoms with Crippen LogP contribution < -0.4 is 5.32 Å². The number of nitrogens with one attached hydrogen (secondary N) is 1. The Hall–Kier alpha value is -2.90. The molecule has 1 atom stereocenters. The molecule has 3 amide bonds. The first-order chi connectivity index (χ1) is 14.9. The molecule has 2 aromatic rings. The monoisotopic (exact) mass is 422 g/mol. The molecule has 1 spiro atoms. The van der Waals surface area contributed by atoms with Crippen molar-refractivity contribution in [3.05, 3.63) is 46.5 Å². The molecule has 1 N–H and O–H groups in total. The van der Waals surface area contributed by atoms with Crippen LogP contribution in [0.1, 0.15) is 52.1 Å². The van der Waals surface area contributed by atoms with Crippen LogP contribution in [0.4, 0.5) is 4.79 Å². The minimum absolute atomic E-state index is 0.00777. The number of amides is 3. The van der Waals surface area contributed by atoms with E-state index in [1.807, 2.05) is 43.0 Å². The molecule has 1 unspecified atom stereocenters. The zero-order valence-corrected chi connectivity index (χ0v) is 18.5. The average molecular weight is 423 g/mol. The molecule has 2 aromatic heterocycles. The van der Waals surface area contributed by atoms with Crippen LogP contribution in [0.5, 0.6) is 0 Å². The smallest absolute Gasteiger partial charge is 0.318 e. The van der Waals surface area contributed by atoms with Crippen molar-refractivity contribution in [1.82, 2.24) is 29.9 Å². The fourth-order valence-corrected chi connectivity index (χ4v) is 5.41. The number of carbonyl (C=O) groups excluding carboxylic acids is 2. The van der Waals surface area contributed by atoms with Crippen LogP contribution in [0.25, 0.3) is 0 Å². The predicted octanol–water partition coefficient (Wildman–Crippen LogP) is 2.40. The van der Waals surface area contributed by atoms with Gasteiger partial charge >= 0.3 is 6.03 Å². The number of piperidine rings is 1. The van der Waals surface area contributed by atoms with Gasteiger partial charge in [0.1, 0.15) is 0 Å². The van der Waals surface area contributed by atoms with Crippen molar-refractivity contribution in [2.24, 2.45) is 18.4 Å². The van der Waals surface area contributed by atoms with E-state index in [0.29, 0.717) is 24.4 Å². The molecule has 8 heteroatoms. The van der Waals surface area contributed by atoms with Gasteiger partial charge in [-0.1, -0.05) is 0 Å². The van der Waals surface area contributed by atoms with Gasteiger partial charge in [-0.25, -0.2) is 4.79 Å². The topological polar surface area (TPSA) is 83.4 Å². The van der Waals surface area contributed by atoms with Crippen LogP contribution in [0, 0.1) is 25.2 Å². The number of fused-ring (bicyclic) bond motifs is 1. The van der Waals surface area contributed by atoms with Crippen molar-refractivity contribution in [3.63, 3.8) is 0 Å². The van der Waals surface area contributed by atoms with Gasteiger partial charge in [-0.05, 0) is 61.6 Å². The van der Waals surface area contributed by atoms with Gasteiger partial charge in [0.25, 0.3) is 5.91 Å². The molecule has 1 saturated heterocycles. The third-order valence-electron chi connectivity index (χ3n) is 7.64. The molecule has 1 aliphatic carbocycles. The molecule has 3 aliphatic rings. The first kappa shape index (κ1) is 20.0. The summed E-state index contributed by atoms with van der Waals surface area (Å²) in [5.41, 5.74) is 5.09. The van der Waals surface area contributed by atoms with E-state index in [-0.39, 0.29) is 11.9 Å². The van der Waals surface area contributed by atoms with E-state index in [1.165, 1.54) is 5.56 Å². The van der Waals surface area contributed by atoms with Gasteiger partial charge in [-0.2, -0.15) is 5.10 Å². The van der Waals surface area contributed by atoms with Crippen molar-refractivity contribution in [1.29, 1.82) is 0 Å². The van der Waals surface area contributed by atoms with Crippen molar-refractivity contribution in [2.45, 2.75) is 46.2 Å². The maximum atomic E-state index is 13.0. The number of hydrogen-bond acceptors (Lipinski definition) is 4.